The molecule has 0 saturated carbocycles. The lowest BCUT2D eigenvalue weighted by molar-refractivity contribution is -0.137. The summed E-state index contributed by atoms with van der Waals surface area (Å²) in [6, 6.07) is 0.0762. The monoisotopic (exact) mass is 215 g/mol. The fourth-order valence-electron chi connectivity index (χ4n) is 1.64. The Morgan fingerprint density at radius 3 is 2.33 bits per heavy atom. The summed E-state index contributed by atoms with van der Waals surface area (Å²) in [5.41, 5.74) is 5.80. The Morgan fingerprint density at radius 1 is 1.13 bits per heavy atom. The zero-order valence-electron chi connectivity index (χ0n) is 9.87. The van der Waals surface area contributed by atoms with Gasteiger partial charge in [-0.1, -0.05) is 45.4 Å². The minimum Gasteiger partial charge on any atom is -0.481 e. The summed E-state index contributed by atoms with van der Waals surface area (Å²) in [5.74, 6) is -0.742. The summed E-state index contributed by atoms with van der Waals surface area (Å²) in [6.45, 7) is 2.21. The molecule has 0 rings (SSSR count). The molecule has 0 saturated heterocycles. The van der Waals surface area contributed by atoms with Crippen molar-refractivity contribution in [2.45, 2.75) is 70.8 Å². The zero-order chi connectivity index (χ0) is 11.5. The maximum atomic E-state index is 10.3. The quantitative estimate of drug-likeness (QED) is 0.551. The van der Waals surface area contributed by atoms with Crippen LogP contribution >= 0.6 is 0 Å². The normalized spacial score (nSPS) is 12.7. The van der Waals surface area contributed by atoms with Crippen LogP contribution in [0.5, 0.6) is 0 Å². The van der Waals surface area contributed by atoms with E-state index in [-0.39, 0.29) is 12.5 Å². The summed E-state index contributed by atoms with van der Waals surface area (Å²) in [4.78, 5) is 10.3. The molecular formula is C12H25NO2. The van der Waals surface area contributed by atoms with Crippen molar-refractivity contribution in [3.63, 3.8) is 0 Å². The third-order valence-electron chi connectivity index (χ3n) is 2.66. The molecule has 3 N–H and O–H groups in total. The fraction of sp³-hybridized carbons (Fsp3) is 0.917. The summed E-state index contributed by atoms with van der Waals surface area (Å²) >= 11 is 0. The van der Waals surface area contributed by atoms with Crippen LogP contribution in [0.1, 0.15) is 64.7 Å². The standard InChI is InChI=1S/C12H25NO2/c1-2-3-4-5-6-7-8-11(13)9-10-12(14)15/h11H,2-10,13H2,1H3,(H,14,15). The number of hydrogen-bond donors (Lipinski definition) is 2. The van der Waals surface area contributed by atoms with Crippen LogP contribution in [0.25, 0.3) is 0 Å². The molecule has 0 aromatic heterocycles. The maximum absolute atomic E-state index is 10.3. The van der Waals surface area contributed by atoms with Crippen LogP contribution < -0.4 is 5.73 Å². The summed E-state index contributed by atoms with van der Waals surface area (Å²) in [6.07, 6.45) is 9.38. The van der Waals surface area contributed by atoms with Gasteiger partial charge in [0.1, 0.15) is 0 Å². The van der Waals surface area contributed by atoms with Crippen molar-refractivity contribution >= 4 is 5.97 Å². The van der Waals surface area contributed by atoms with Crippen molar-refractivity contribution in [1.82, 2.24) is 0 Å². The lowest BCUT2D eigenvalue weighted by Gasteiger charge is -2.09. The first-order chi connectivity index (χ1) is 7.16. The van der Waals surface area contributed by atoms with E-state index in [2.05, 4.69) is 6.92 Å². The average molecular weight is 215 g/mol. The second kappa shape index (κ2) is 9.97. The smallest absolute Gasteiger partial charge is 0.303 e. The molecule has 15 heavy (non-hydrogen) atoms. The lowest BCUT2D eigenvalue weighted by atomic mass is 10.0. The predicted molar refractivity (Wildman–Crippen MR) is 62.8 cm³/mol. The Morgan fingerprint density at radius 2 is 1.73 bits per heavy atom. The molecule has 0 bridgehead atoms. The molecular weight excluding hydrogens is 190 g/mol. The van der Waals surface area contributed by atoms with Gasteiger partial charge >= 0.3 is 5.97 Å². The molecule has 90 valence electrons. The molecule has 1 unspecified atom stereocenters. The van der Waals surface area contributed by atoms with E-state index in [0.29, 0.717) is 6.42 Å². The molecule has 0 radical (unpaired) electrons. The minimum atomic E-state index is -0.742. The number of aliphatic carboxylic acids is 1. The topological polar surface area (TPSA) is 63.3 Å². The molecule has 0 aliphatic heterocycles. The number of unbranched alkanes of at least 4 members (excludes halogenated alkanes) is 5. The molecule has 0 spiro atoms. The van der Waals surface area contributed by atoms with E-state index >= 15 is 0 Å². The Kier molecular flexibility index (Phi) is 9.59. The predicted octanol–water partition coefficient (Wildman–Crippen LogP) is 2.93. The van der Waals surface area contributed by atoms with E-state index in [1.807, 2.05) is 0 Å². The van der Waals surface area contributed by atoms with Gasteiger partial charge in [-0.15, -0.1) is 0 Å². The summed E-state index contributed by atoms with van der Waals surface area (Å²) < 4.78 is 0. The number of carboxylic acid groups (broad SMARTS) is 1. The molecule has 0 amide bonds. The molecule has 0 heterocycles. The van der Waals surface area contributed by atoms with Crippen LogP contribution in [0.3, 0.4) is 0 Å². The van der Waals surface area contributed by atoms with Crippen LogP contribution in [0, 0.1) is 0 Å². The summed E-state index contributed by atoms with van der Waals surface area (Å²) in [7, 11) is 0. The second-order valence-electron chi connectivity index (χ2n) is 4.25. The molecule has 3 nitrogen and oxygen atoms in total. The first-order valence-corrected chi connectivity index (χ1v) is 6.14. The van der Waals surface area contributed by atoms with E-state index in [9.17, 15) is 4.79 Å². The lowest BCUT2D eigenvalue weighted by Crippen LogP contribution is -2.20. The van der Waals surface area contributed by atoms with Crippen molar-refractivity contribution in [3.8, 4) is 0 Å². The van der Waals surface area contributed by atoms with Crippen LogP contribution in [0.2, 0.25) is 0 Å². The minimum absolute atomic E-state index is 0.0762. The molecule has 0 aliphatic carbocycles. The Hall–Kier alpha value is -0.570. The van der Waals surface area contributed by atoms with Gasteiger partial charge < -0.3 is 10.8 Å². The molecule has 0 aliphatic rings. The largest absolute Gasteiger partial charge is 0.481 e. The molecule has 1 atom stereocenters. The van der Waals surface area contributed by atoms with Crippen LogP contribution in [0.4, 0.5) is 0 Å². The number of carboxylic acids is 1. The first-order valence-electron chi connectivity index (χ1n) is 6.14. The highest BCUT2D eigenvalue weighted by molar-refractivity contribution is 5.66. The van der Waals surface area contributed by atoms with Crippen molar-refractivity contribution in [2.24, 2.45) is 5.73 Å². The Balaban J connectivity index is 3.16. The third-order valence-corrected chi connectivity index (χ3v) is 2.66. The van der Waals surface area contributed by atoms with E-state index in [1.165, 1.54) is 32.1 Å². The van der Waals surface area contributed by atoms with Gasteiger partial charge in [-0.05, 0) is 12.8 Å². The van der Waals surface area contributed by atoms with Gasteiger partial charge in [-0.25, -0.2) is 0 Å². The number of hydrogen-bond acceptors (Lipinski definition) is 2. The highest BCUT2D eigenvalue weighted by Gasteiger charge is 2.05. The van der Waals surface area contributed by atoms with E-state index in [0.717, 1.165) is 12.8 Å². The van der Waals surface area contributed by atoms with Crippen LogP contribution in [-0.4, -0.2) is 17.1 Å². The molecule has 0 aromatic carbocycles. The van der Waals surface area contributed by atoms with Gasteiger partial charge in [0.15, 0.2) is 0 Å². The zero-order valence-corrected chi connectivity index (χ0v) is 9.87. The number of carbonyl (C=O) groups is 1. The van der Waals surface area contributed by atoms with E-state index < -0.39 is 5.97 Å². The maximum Gasteiger partial charge on any atom is 0.303 e. The van der Waals surface area contributed by atoms with Crippen molar-refractivity contribution in [3.05, 3.63) is 0 Å². The van der Waals surface area contributed by atoms with Crippen LogP contribution in [0.15, 0.2) is 0 Å². The van der Waals surface area contributed by atoms with Gasteiger partial charge in [-0.2, -0.15) is 0 Å². The van der Waals surface area contributed by atoms with Gasteiger partial charge in [0.25, 0.3) is 0 Å². The summed E-state index contributed by atoms with van der Waals surface area (Å²) in [5, 5.41) is 8.48. The van der Waals surface area contributed by atoms with Crippen molar-refractivity contribution in [2.75, 3.05) is 0 Å². The fourth-order valence-corrected chi connectivity index (χ4v) is 1.64. The van der Waals surface area contributed by atoms with Gasteiger partial charge in [0.2, 0.25) is 0 Å². The first kappa shape index (κ1) is 14.4. The van der Waals surface area contributed by atoms with Crippen LogP contribution in [-0.2, 0) is 4.79 Å². The van der Waals surface area contributed by atoms with E-state index in [4.69, 9.17) is 10.8 Å². The Labute approximate surface area is 93.0 Å². The SMILES string of the molecule is CCCCCCCCC(N)CCC(=O)O. The molecule has 0 aromatic rings. The molecule has 0 fully saturated rings. The van der Waals surface area contributed by atoms with Gasteiger partial charge in [0.05, 0.1) is 0 Å². The average Bonchev–Trinajstić information content (AvgIpc) is 2.20. The Bertz CT molecular complexity index is 160. The van der Waals surface area contributed by atoms with Gasteiger partial charge in [-0.3, -0.25) is 4.79 Å². The highest BCUT2D eigenvalue weighted by Crippen LogP contribution is 2.09. The van der Waals surface area contributed by atoms with Crippen molar-refractivity contribution < 1.29 is 9.90 Å². The second-order valence-corrected chi connectivity index (χ2v) is 4.25. The third kappa shape index (κ3) is 11.4. The van der Waals surface area contributed by atoms with Crippen molar-refractivity contribution in [1.29, 1.82) is 0 Å². The molecule has 3 heteroatoms. The number of rotatable bonds is 10. The highest BCUT2D eigenvalue weighted by atomic mass is 16.4. The van der Waals surface area contributed by atoms with E-state index in [1.54, 1.807) is 0 Å². The number of nitrogens with two attached hydrogens (primary N) is 1. The van der Waals surface area contributed by atoms with Gasteiger partial charge in [0, 0.05) is 12.5 Å².